The van der Waals surface area contributed by atoms with E-state index in [9.17, 15) is 30.6 Å². The number of hydrogen-bond acceptors (Lipinski definition) is 18. The van der Waals surface area contributed by atoms with Gasteiger partial charge in [0.05, 0.1) is 22.3 Å². The molecule has 0 saturated heterocycles. The van der Waals surface area contributed by atoms with Gasteiger partial charge in [0.1, 0.15) is 86.4 Å². The van der Waals surface area contributed by atoms with Crippen molar-refractivity contribution in [3.05, 3.63) is 352 Å². The average molecular weight is 1770 g/mol. The molecule has 132 heavy (non-hydrogen) atoms. The highest BCUT2D eigenvalue weighted by Crippen LogP contribution is 2.61. The van der Waals surface area contributed by atoms with Crippen LogP contribution in [0.5, 0.6) is 69.0 Å². The first-order valence-electron chi connectivity index (χ1n) is 48.0. The van der Waals surface area contributed by atoms with Crippen molar-refractivity contribution in [3.63, 3.8) is 0 Å². The number of benzene rings is 12. The Labute approximate surface area is 777 Å². The number of fused-ring (bicyclic) bond motifs is 24. The van der Waals surface area contributed by atoms with Gasteiger partial charge in [-0.2, -0.15) is 0 Å². The molecular formula is C114H126N6O12. The zero-order valence-corrected chi connectivity index (χ0v) is 78.3. The van der Waals surface area contributed by atoms with E-state index in [1.165, 1.54) is 0 Å². The van der Waals surface area contributed by atoms with Crippen LogP contribution in [-0.4, -0.2) is 100 Å². The zero-order chi connectivity index (χ0) is 91.6. The van der Waals surface area contributed by atoms with E-state index >= 15 is 0 Å². The lowest BCUT2D eigenvalue weighted by Gasteiger charge is -2.40. The molecule has 12 bridgehead atoms. The minimum atomic E-state index is -0.619. The molecule has 0 spiro atoms. The third-order valence-corrected chi connectivity index (χ3v) is 30.8. The molecule has 0 radical (unpaired) electrons. The molecule has 12 aromatic carbocycles. The van der Waals surface area contributed by atoms with Crippen LogP contribution < -0.4 is 28.4 Å². The summed E-state index contributed by atoms with van der Waals surface area (Å²) in [6, 6.07) is 74.8. The molecule has 1 aliphatic carbocycles. The van der Waals surface area contributed by atoms with Gasteiger partial charge in [-0.25, -0.2) is 0 Å². The Kier molecular flexibility index (Phi) is 25.4. The Morgan fingerprint density at radius 2 is 0.371 bits per heavy atom. The highest BCUT2D eigenvalue weighted by atomic mass is 16.5. The molecule has 18 nitrogen and oxygen atoms in total. The summed E-state index contributed by atoms with van der Waals surface area (Å²) in [5.74, 6) is -0.310. The molecule has 0 aromatic heterocycles. The van der Waals surface area contributed by atoms with Gasteiger partial charge in [-0.3, -0.25) is 29.4 Å². The van der Waals surface area contributed by atoms with Crippen molar-refractivity contribution >= 4 is 0 Å². The number of hydrogen-bond donors (Lipinski definition) is 6. The summed E-state index contributed by atoms with van der Waals surface area (Å²) in [6.07, 6.45) is 2.80. The number of nitrogens with zero attached hydrogens (tertiary/aromatic N) is 6. The van der Waals surface area contributed by atoms with Crippen LogP contribution in [0.4, 0.5) is 0 Å². The van der Waals surface area contributed by atoms with Crippen molar-refractivity contribution in [1.82, 2.24) is 29.4 Å². The summed E-state index contributed by atoms with van der Waals surface area (Å²) < 4.78 is 43.9. The second-order valence-corrected chi connectivity index (χ2v) is 37.7. The molecule has 18 heteroatoms. The first kappa shape index (κ1) is 89.2. The minimum Gasteiger partial charge on any atom is -0.507 e. The van der Waals surface area contributed by atoms with Crippen LogP contribution in [0.25, 0.3) is 0 Å². The average Bonchev–Trinajstić information content (AvgIpc) is 0.744. The topological polar surface area (TPSA) is 196 Å². The van der Waals surface area contributed by atoms with E-state index in [2.05, 4.69) is 294 Å². The second kappa shape index (κ2) is 37.6. The van der Waals surface area contributed by atoms with E-state index < -0.39 is 35.5 Å². The standard InChI is InChI=1S/C114H126N6O12/c1-13-79-85-49-91(107(125)113-97(85)55-115(65-131-113)67(7)73-37-25-19-26-38-73)80(14-2)86-50-92(108(126)114-98(86)56-116(66-132-114)68(8)74-39-27-20-28-40-74)84(18-6)96-54-90(106(124)102-60-120(64-130-112(96)102)72(12)78-47-35-24-36-48-78)83(17-5)95-53-89(105(123)101-59-119(63-129-111(95)101)71(11)77-45-33-23-34-46-77)82(16-4)94-52-88(104(122)100-58-118(62-128-110(94)100)70(10)76-43-31-22-32-44-76)81(15-3)93-51-87(79)103(121)99-57-117(61-127-109(93)99)69(9)75-41-29-21-30-42-75/h19-54,67-72,79-84,121-126H,13-18,55-66H2,1-12H3/t67-,68-,69-,70-,71-,72-,79?,80?,81?,82?,83?,84?/m1/s1. The molecule has 7 aliphatic rings. The van der Waals surface area contributed by atoms with Gasteiger partial charge >= 0.3 is 0 Å². The molecule has 6 N–H and O–H groups in total. The van der Waals surface area contributed by atoms with Crippen molar-refractivity contribution in [3.8, 4) is 69.0 Å². The molecule has 0 amide bonds. The fourth-order valence-electron chi connectivity index (χ4n) is 22.8. The summed E-state index contributed by atoms with van der Waals surface area (Å²) in [6.45, 7) is 29.2. The number of ether oxygens (including phenoxy) is 6. The van der Waals surface area contributed by atoms with E-state index in [4.69, 9.17) is 28.4 Å². The number of aromatic hydroxyl groups is 6. The smallest absolute Gasteiger partial charge is 0.168 e. The Balaban J connectivity index is 0.914. The van der Waals surface area contributed by atoms with Gasteiger partial charge in [-0.1, -0.05) is 236 Å². The maximum absolute atomic E-state index is 14.2. The quantitative estimate of drug-likeness (QED) is 0.0474. The van der Waals surface area contributed by atoms with Gasteiger partial charge in [-0.15, -0.1) is 0 Å². The summed E-state index contributed by atoms with van der Waals surface area (Å²) >= 11 is 0. The first-order chi connectivity index (χ1) is 64.2. The van der Waals surface area contributed by atoms with Crippen LogP contribution in [0.3, 0.4) is 0 Å². The van der Waals surface area contributed by atoms with Crippen molar-refractivity contribution < 1.29 is 59.1 Å². The van der Waals surface area contributed by atoms with Crippen LogP contribution in [0.15, 0.2) is 218 Å². The maximum Gasteiger partial charge on any atom is 0.168 e. The van der Waals surface area contributed by atoms with Crippen molar-refractivity contribution in [2.45, 2.75) is 233 Å². The molecular weight excluding hydrogens is 1650 g/mol. The molecule has 6 aliphatic heterocycles. The van der Waals surface area contributed by atoms with Gasteiger partial charge in [0.25, 0.3) is 0 Å². The van der Waals surface area contributed by atoms with Gasteiger partial charge < -0.3 is 59.1 Å². The van der Waals surface area contributed by atoms with Crippen LogP contribution in [-0.2, 0) is 39.3 Å². The molecule has 12 aromatic rings. The van der Waals surface area contributed by atoms with E-state index in [0.29, 0.717) is 168 Å². The predicted octanol–water partition coefficient (Wildman–Crippen LogP) is 25.0. The fourth-order valence-corrected chi connectivity index (χ4v) is 22.8. The lowest BCUT2D eigenvalue weighted by molar-refractivity contribution is 0.0577. The van der Waals surface area contributed by atoms with E-state index in [-0.39, 0.29) is 111 Å². The molecule has 0 saturated carbocycles. The number of phenols is 6. The normalized spacial score (nSPS) is 20.7. The Morgan fingerprint density at radius 1 is 0.212 bits per heavy atom. The van der Waals surface area contributed by atoms with E-state index in [1.807, 2.05) is 36.4 Å². The predicted molar refractivity (Wildman–Crippen MR) is 517 cm³/mol. The highest BCUT2D eigenvalue weighted by molar-refractivity contribution is 5.71. The molecule has 6 heterocycles. The molecule has 19 rings (SSSR count). The third kappa shape index (κ3) is 16.0. The Morgan fingerprint density at radius 3 is 0.561 bits per heavy atom. The number of rotatable bonds is 18. The zero-order valence-electron chi connectivity index (χ0n) is 78.3. The van der Waals surface area contributed by atoms with Gasteiger partial charge in [0, 0.05) is 178 Å². The van der Waals surface area contributed by atoms with Crippen LogP contribution in [0.1, 0.15) is 327 Å². The highest BCUT2D eigenvalue weighted by Gasteiger charge is 2.45. The van der Waals surface area contributed by atoms with Gasteiger partial charge in [0.15, 0.2) is 23.0 Å². The monoisotopic (exact) mass is 1770 g/mol. The van der Waals surface area contributed by atoms with Gasteiger partial charge in [0.2, 0.25) is 0 Å². The van der Waals surface area contributed by atoms with E-state index in [0.717, 1.165) is 77.9 Å². The van der Waals surface area contributed by atoms with Crippen LogP contribution in [0.2, 0.25) is 0 Å². The lowest BCUT2D eigenvalue weighted by atomic mass is 9.75. The third-order valence-electron chi connectivity index (χ3n) is 30.8. The summed E-state index contributed by atoms with van der Waals surface area (Å²) in [5.41, 5.74) is 19.3. The summed E-state index contributed by atoms with van der Waals surface area (Å²) in [5, 5.41) is 84.6. The largest absolute Gasteiger partial charge is 0.507 e. The van der Waals surface area contributed by atoms with E-state index in [1.54, 1.807) is 0 Å². The number of phenolic OH excluding ortho intramolecular Hbond substituents is 6. The van der Waals surface area contributed by atoms with Gasteiger partial charge in [-0.05, 0) is 149 Å². The summed E-state index contributed by atoms with van der Waals surface area (Å²) in [4.78, 5) is 13.7. The molecule has 0 fully saturated rings. The molecule has 684 valence electrons. The van der Waals surface area contributed by atoms with Crippen molar-refractivity contribution in [1.29, 1.82) is 0 Å². The first-order valence-corrected chi connectivity index (χ1v) is 48.0. The lowest BCUT2D eigenvalue weighted by Crippen LogP contribution is -2.36. The fraction of sp³-hybridized carbons (Fsp3) is 0.368. The van der Waals surface area contributed by atoms with Crippen LogP contribution >= 0.6 is 0 Å². The SMILES string of the molecule is CCC1c2cc(c3c(c2O)CN([C@H](C)c2ccccc2)CO3)C(CC)c2cc(c3c(c2O)CN([C@H](C)c2ccccc2)CO3)C(CC)c2cc(c3c(c2O)CN([C@H](C)c2ccccc2)CO3)C(CC)c2cc(c3c(c2O)CN([C@H](C)c2ccccc2)CO3)C(CC)c2cc(c3c(c2O)OCN([C@H](C)c2ccccc2)C3)C(CC)c2cc1c1c(c2O)OCN([C@H](C)c2ccccc2)C1. The van der Waals surface area contributed by atoms with Crippen LogP contribution in [0, 0.1) is 0 Å². The minimum absolute atomic E-state index is 0.00380. The van der Waals surface area contributed by atoms with Crippen molar-refractivity contribution in [2.75, 3.05) is 40.4 Å². The Bertz CT molecular complexity index is 6210. The van der Waals surface area contributed by atoms with Crippen molar-refractivity contribution in [2.24, 2.45) is 0 Å². The molecule has 6 unspecified atom stereocenters. The Hall–Kier alpha value is -12.0. The maximum atomic E-state index is 14.2. The summed E-state index contributed by atoms with van der Waals surface area (Å²) in [7, 11) is 0. The molecule has 12 atom stereocenters. The second-order valence-electron chi connectivity index (χ2n) is 37.7.